The molecule has 0 unspecified atom stereocenters. The van der Waals surface area contributed by atoms with E-state index >= 15 is 0 Å². The van der Waals surface area contributed by atoms with Crippen LogP contribution in [0.25, 0.3) is 0 Å². The predicted octanol–water partition coefficient (Wildman–Crippen LogP) is 1.73. The van der Waals surface area contributed by atoms with E-state index in [0.29, 0.717) is 12.4 Å². The number of aromatic nitrogens is 1. The van der Waals surface area contributed by atoms with Crippen LogP contribution in [-0.2, 0) is 0 Å². The molecule has 1 aliphatic heterocycles. The quantitative estimate of drug-likeness (QED) is 0.484. The van der Waals surface area contributed by atoms with Crippen molar-refractivity contribution in [3.05, 3.63) is 33.0 Å². The van der Waals surface area contributed by atoms with Crippen LogP contribution in [0.1, 0.15) is 6.42 Å². The highest BCUT2D eigenvalue weighted by atomic mass is 79.9. The highest BCUT2D eigenvalue weighted by molar-refractivity contribution is 9.10. The lowest BCUT2D eigenvalue weighted by molar-refractivity contribution is -0.463. The van der Waals surface area contributed by atoms with E-state index in [0.717, 1.165) is 23.3 Å². The summed E-state index contributed by atoms with van der Waals surface area (Å²) >= 11 is 3.26. The monoisotopic (exact) mass is 298 g/mol. The summed E-state index contributed by atoms with van der Waals surface area (Å²) in [7, 11) is 0. The lowest BCUT2D eigenvalue weighted by Gasteiger charge is -2.27. The summed E-state index contributed by atoms with van der Waals surface area (Å²) in [6.07, 6.45) is 2.59. The Morgan fingerprint density at radius 1 is 1.53 bits per heavy atom. The topological polar surface area (TPSA) is 71.6 Å². The van der Waals surface area contributed by atoms with E-state index in [1.807, 2.05) is 17.0 Å². The van der Waals surface area contributed by atoms with Gasteiger partial charge in [-0.25, -0.2) is 4.98 Å². The minimum atomic E-state index is -0.358. The lowest BCUT2D eigenvalue weighted by Crippen LogP contribution is -2.39. The number of halogens is 1. The molecule has 1 aliphatic rings. The molecule has 0 aliphatic carbocycles. The van der Waals surface area contributed by atoms with Crippen LogP contribution < -0.4 is 4.90 Å². The van der Waals surface area contributed by atoms with Crippen molar-refractivity contribution in [2.75, 3.05) is 24.5 Å². The van der Waals surface area contributed by atoms with Crippen molar-refractivity contribution in [3.63, 3.8) is 0 Å². The third-order valence-electron chi connectivity index (χ3n) is 2.44. The van der Waals surface area contributed by atoms with Crippen molar-refractivity contribution in [2.24, 2.45) is 4.99 Å². The van der Waals surface area contributed by atoms with Crippen LogP contribution in [0.15, 0.2) is 27.9 Å². The second-order valence-corrected chi connectivity index (χ2v) is 4.45. The van der Waals surface area contributed by atoms with Crippen LogP contribution in [0.2, 0.25) is 0 Å². The van der Waals surface area contributed by atoms with Crippen LogP contribution in [-0.4, -0.2) is 35.4 Å². The minimum Gasteiger partial charge on any atom is -0.323 e. The van der Waals surface area contributed by atoms with Crippen molar-refractivity contribution in [1.29, 1.82) is 0 Å². The van der Waals surface area contributed by atoms with Crippen molar-refractivity contribution in [3.8, 4) is 0 Å². The SMILES string of the molecule is O=[N+]([O-])CC1=NCCCN1c1ccc(Br)nc1. The van der Waals surface area contributed by atoms with Crippen LogP contribution in [0.5, 0.6) is 0 Å². The summed E-state index contributed by atoms with van der Waals surface area (Å²) in [5, 5.41) is 10.6. The van der Waals surface area contributed by atoms with E-state index in [2.05, 4.69) is 25.9 Å². The number of hydrogen-bond acceptors (Lipinski definition) is 5. The fourth-order valence-corrected chi connectivity index (χ4v) is 1.94. The lowest BCUT2D eigenvalue weighted by atomic mass is 10.2. The van der Waals surface area contributed by atoms with Gasteiger partial charge in [-0.15, -0.1) is 0 Å². The van der Waals surface area contributed by atoms with Gasteiger partial charge in [0.25, 0.3) is 6.54 Å². The second-order valence-electron chi connectivity index (χ2n) is 3.63. The Morgan fingerprint density at radius 2 is 2.35 bits per heavy atom. The normalized spacial score (nSPS) is 15.6. The largest absolute Gasteiger partial charge is 0.323 e. The number of pyridine rings is 1. The Bertz CT molecular complexity index is 446. The van der Waals surface area contributed by atoms with Gasteiger partial charge in [0.05, 0.1) is 11.9 Å². The van der Waals surface area contributed by atoms with Gasteiger partial charge in [-0.05, 0) is 34.5 Å². The average Bonchev–Trinajstić information content (AvgIpc) is 2.30. The molecule has 7 heteroatoms. The van der Waals surface area contributed by atoms with Crippen LogP contribution in [0, 0.1) is 10.1 Å². The molecule has 1 aromatic heterocycles. The molecule has 0 amide bonds. The van der Waals surface area contributed by atoms with Crippen LogP contribution in [0.3, 0.4) is 0 Å². The molecule has 2 heterocycles. The summed E-state index contributed by atoms with van der Waals surface area (Å²) in [5.41, 5.74) is 0.841. The first-order valence-corrected chi connectivity index (χ1v) is 6.00. The van der Waals surface area contributed by atoms with Gasteiger partial charge in [0.1, 0.15) is 4.60 Å². The maximum Gasteiger partial charge on any atom is 0.260 e. The molecule has 90 valence electrons. The molecule has 0 fully saturated rings. The Kier molecular flexibility index (Phi) is 3.68. The number of aliphatic imine (C=N–C) groups is 1. The third-order valence-corrected chi connectivity index (χ3v) is 2.91. The number of rotatable bonds is 3. The molecule has 0 radical (unpaired) electrons. The minimum absolute atomic E-state index is 0.240. The third kappa shape index (κ3) is 3.00. The summed E-state index contributed by atoms with van der Waals surface area (Å²) in [5.74, 6) is 0.505. The van der Waals surface area contributed by atoms with Crippen molar-refractivity contribution < 1.29 is 4.92 Å². The Labute approximate surface area is 107 Å². The molecule has 0 bridgehead atoms. The van der Waals surface area contributed by atoms with Crippen LogP contribution >= 0.6 is 15.9 Å². The molecule has 1 aromatic rings. The molecule has 0 aromatic carbocycles. The smallest absolute Gasteiger partial charge is 0.260 e. The Hall–Kier alpha value is -1.50. The predicted molar refractivity (Wildman–Crippen MR) is 68.1 cm³/mol. The van der Waals surface area contributed by atoms with Gasteiger partial charge in [-0.1, -0.05) is 0 Å². The van der Waals surface area contributed by atoms with Crippen molar-refractivity contribution >= 4 is 27.5 Å². The van der Waals surface area contributed by atoms with E-state index in [4.69, 9.17) is 0 Å². The van der Waals surface area contributed by atoms with Gasteiger partial charge >= 0.3 is 0 Å². The molecule has 0 saturated heterocycles. The maximum absolute atomic E-state index is 10.6. The van der Waals surface area contributed by atoms with Gasteiger partial charge in [-0.2, -0.15) is 0 Å². The first-order valence-electron chi connectivity index (χ1n) is 5.21. The van der Waals surface area contributed by atoms with E-state index in [-0.39, 0.29) is 11.5 Å². The summed E-state index contributed by atoms with van der Waals surface area (Å²) in [4.78, 5) is 20.4. The summed E-state index contributed by atoms with van der Waals surface area (Å²) < 4.78 is 0.742. The van der Waals surface area contributed by atoms with E-state index in [1.54, 1.807) is 6.20 Å². The molecular formula is C10H11BrN4O2. The zero-order valence-corrected chi connectivity index (χ0v) is 10.6. The molecule has 0 saturated carbocycles. The average molecular weight is 299 g/mol. The standard InChI is InChI=1S/C10H11BrN4O2/c11-9-3-2-8(6-13-9)14-5-1-4-12-10(14)7-15(16)17/h2-3,6H,1,4-5,7H2. The number of anilines is 1. The first kappa shape index (κ1) is 12.0. The highest BCUT2D eigenvalue weighted by Gasteiger charge is 2.21. The second kappa shape index (κ2) is 5.22. The number of hydrogen-bond donors (Lipinski definition) is 0. The zero-order valence-electron chi connectivity index (χ0n) is 9.04. The molecule has 6 nitrogen and oxygen atoms in total. The van der Waals surface area contributed by atoms with E-state index in [9.17, 15) is 10.1 Å². The van der Waals surface area contributed by atoms with Gasteiger partial charge < -0.3 is 4.90 Å². The molecular weight excluding hydrogens is 288 g/mol. The molecule has 0 N–H and O–H groups in total. The highest BCUT2D eigenvalue weighted by Crippen LogP contribution is 2.18. The van der Waals surface area contributed by atoms with Gasteiger partial charge in [0, 0.05) is 18.0 Å². The first-order chi connectivity index (χ1) is 8.16. The molecule has 17 heavy (non-hydrogen) atoms. The van der Waals surface area contributed by atoms with E-state index < -0.39 is 0 Å². The zero-order chi connectivity index (χ0) is 12.3. The Balaban J connectivity index is 2.23. The van der Waals surface area contributed by atoms with Gasteiger partial charge in [-0.3, -0.25) is 15.1 Å². The number of nitrogens with zero attached hydrogens (tertiary/aromatic N) is 4. The Morgan fingerprint density at radius 3 is 3.00 bits per heavy atom. The van der Waals surface area contributed by atoms with Crippen molar-refractivity contribution in [2.45, 2.75) is 6.42 Å². The van der Waals surface area contributed by atoms with Gasteiger partial charge in [0.2, 0.25) is 0 Å². The van der Waals surface area contributed by atoms with Crippen LogP contribution in [0.4, 0.5) is 5.69 Å². The summed E-state index contributed by atoms with van der Waals surface area (Å²) in [6, 6.07) is 3.69. The van der Waals surface area contributed by atoms with Gasteiger partial charge in [0.15, 0.2) is 5.84 Å². The maximum atomic E-state index is 10.6. The fraction of sp³-hybridized carbons (Fsp3) is 0.400. The van der Waals surface area contributed by atoms with Crippen molar-refractivity contribution in [1.82, 2.24) is 4.98 Å². The summed E-state index contributed by atoms with van der Waals surface area (Å²) in [6.45, 7) is 1.16. The molecule has 0 atom stereocenters. The number of nitro groups is 1. The van der Waals surface area contributed by atoms with E-state index in [1.165, 1.54) is 0 Å². The fourth-order valence-electron chi connectivity index (χ4n) is 1.71. The number of amidine groups is 1. The molecule has 2 rings (SSSR count). The molecule has 0 spiro atoms.